The normalized spacial score (nSPS) is 11.3. The lowest BCUT2D eigenvalue weighted by Gasteiger charge is -2.05. The molecule has 2 aromatic heterocycles. The molecule has 0 aliphatic rings. The van der Waals surface area contributed by atoms with E-state index >= 15 is 0 Å². The zero-order valence-corrected chi connectivity index (χ0v) is 10.7. The van der Waals surface area contributed by atoms with Crippen LogP contribution in [0, 0.1) is 0 Å². The maximum atomic E-state index is 12.1. The second-order valence-electron chi connectivity index (χ2n) is 3.95. The van der Waals surface area contributed by atoms with E-state index in [0.29, 0.717) is 25.3 Å². The first kappa shape index (κ1) is 12.4. The van der Waals surface area contributed by atoms with E-state index < -0.39 is 11.2 Å². The van der Waals surface area contributed by atoms with E-state index in [0.717, 1.165) is 0 Å². The molecule has 0 atom stereocenters. The van der Waals surface area contributed by atoms with E-state index in [1.54, 1.807) is 13.8 Å². The van der Waals surface area contributed by atoms with Crippen LogP contribution in [0.4, 0.5) is 0 Å². The second kappa shape index (κ2) is 4.32. The predicted octanol–water partition coefficient (Wildman–Crippen LogP) is -0.287. The summed E-state index contributed by atoms with van der Waals surface area (Å²) in [7, 11) is 0. The highest BCUT2D eigenvalue weighted by molar-refractivity contribution is 5.70. The van der Waals surface area contributed by atoms with Crippen LogP contribution < -0.4 is 16.9 Å². The van der Waals surface area contributed by atoms with Gasteiger partial charge in [-0.3, -0.25) is 23.5 Å². The molecule has 7 heteroatoms. The van der Waals surface area contributed by atoms with Crippen molar-refractivity contribution in [3.8, 4) is 0 Å². The molecule has 7 nitrogen and oxygen atoms in total. The summed E-state index contributed by atoms with van der Waals surface area (Å²) in [6.07, 6.45) is 0. The summed E-state index contributed by atoms with van der Waals surface area (Å²) >= 11 is 0. The monoisotopic (exact) mass is 252 g/mol. The molecule has 0 aliphatic heterocycles. The number of aryl methyl sites for hydroxylation is 3. The van der Waals surface area contributed by atoms with E-state index in [-0.39, 0.29) is 11.2 Å². The Bertz CT molecular complexity index is 759. The van der Waals surface area contributed by atoms with Crippen molar-refractivity contribution in [3.63, 3.8) is 0 Å². The van der Waals surface area contributed by atoms with Gasteiger partial charge in [-0.15, -0.1) is 0 Å². The first-order valence-electron chi connectivity index (χ1n) is 6.02. The van der Waals surface area contributed by atoms with Crippen LogP contribution in [0.15, 0.2) is 14.4 Å². The van der Waals surface area contributed by atoms with E-state index in [9.17, 15) is 14.4 Å². The maximum Gasteiger partial charge on any atom is 0.330 e. The van der Waals surface area contributed by atoms with Gasteiger partial charge in [-0.05, 0) is 20.8 Å². The predicted molar refractivity (Wildman–Crippen MR) is 68.1 cm³/mol. The number of aromatic nitrogens is 4. The molecule has 0 amide bonds. The van der Waals surface area contributed by atoms with Gasteiger partial charge in [0.15, 0.2) is 11.2 Å². The number of aromatic amines is 1. The Labute approximate surface area is 102 Å². The lowest BCUT2D eigenvalue weighted by atomic mass is 10.4. The second-order valence-corrected chi connectivity index (χ2v) is 3.95. The SMILES string of the molecule is CCn1c(=O)n(CC)c2c1c(=O)[nH]c(=O)n2CC. The van der Waals surface area contributed by atoms with Gasteiger partial charge in [0.1, 0.15) is 0 Å². The number of nitrogens with one attached hydrogen (secondary N) is 1. The molecule has 0 spiro atoms. The Morgan fingerprint density at radius 2 is 1.44 bits per heavy atom. The molecule has 0 unspecified atom stereocenters. The number of rotatable bonds is 3. The molecular formula is C11H16N4O3. The average Bonchev–Trinajstić information content (AvgIpc) is 2.62. The van der Waals surface area contributed by atoms with Crippen LogP contribution in [0.25, 0.3) is 11.2 Å². The summed E-state index contributed by atoms with van der Waals surface area (Å²) in [5.74, 6) is 0. The van der Waals surface area contributed by atoms with E-state index in [1.807, 2.05) is 6.92 Å². The Morgan fingerprint density at radius 3 is 1.94 bits per heavy atom. The summed E-state index contributed by atoms with van der Waals surface area (Å²) in [4.78, 5) is 38.0. The van der Waals surface area contributed by atoms with Crippen LogP contribution in [-0.4, -0.2) is 18.7 Å². The Kier molecular flexibility index (Phi) is 2.98. The first-order valence-corrected chi connectivity index (χ1v) is 6.02. The van der Waals surface area contributed by atoms with Gasteiger partial charge in [-0.25, -0.2) is 9.59 Å². The van der Waals surface area contributed by atoms with Crippen molar-refractivity contribution in [2.24, 2.45) is 0 Å². The Balaban J connectivity index is 3.19. The highest BCUT2D eigenvalue weighted by Gasteiger charge is 2.18. The average molecular weight is 252 g/mol. The highest BCUT2D eigenvalue weighted by atomic mass is 16.2. The zero-order valence-electron chi connectivity index (χ0n) is 10.7. The standard InChI is InChI=1S/C11H16N4O3/c1-4-13-7-8(16)12-10(17)14(5-2)9(7)15(6-3)11(13)18/h4-6H2,1-3H3,(H,12,16,17). The number of H-pyrrole nitrogens is 1. The molecule has 0 fully saturated rings. The van der Waals surface area contributed by atoms with Crippen LogP contribution >= 0.6 is 0 Å². The Hall–Kier alpha value is -2.05. The van der Waals surface area contributed by atoms with Gasteiger partial charge >= 0.3 is 11.4 Å². The molecule has 18 heavy (non-hydrogen) atoms. The van der Waals surface area contributed by atoms with Crippen LogP contribution in [0.1, 0.15) is 20.8 Å². The summed E-state index contributed by atoms with van der Waals surface area (Å²) < 4.78 is 4.26. The third kappa shape index (κ3) is 1.47. The summed E-state index contributed by atoms with van der Waals surface area (Å²) in [5.41, 5.74) is -0.573. The van der Waals surface area contributed by atoms with Crippen molar-refractivity contribution in [1.29, 1.82) is 0 Å². The maximum absolute atomic E-state index is 12.1. The molecule has 0 bridgehead atoms. The number of hydrogen-bond donors (Lipinski definition) is 1. The van der Waals surface area contributed by atoms with Gasteiger partial charge in [-0.2, -0.15) is 0 Å². The van der Waals surface area contributed by atoms with Crippen LogP contribution in [0.2, 0.25) is 0 Å². The molecular weight excluding hydrogens is 236 g/mol. The minimum atomic E-state index is -0.508. The number of nitrogens with zero attached hydrogens (tertiary/aromatic N) is 3. The first-order chi connectivity index (χ1) is 8.56. The van der Waals surface area contributed by atoms with E-state index in [4.69, 9.17) is 0 Å². The molecule has 2 rings (SSSR count). The van der Waals surface area contributed by atoms with Crippen LogP contribution in [0.5, 0.6) is 0 Å². The minimum Gasteiger partial charge on any atom is -0.286 e. The third-order valence-electron chi connectivity index (χ3n) is 3.08. The molecule has 2 heterocycles. The van der Waals surface area contributed by atoms with Crippen molar-refractivity contribution in [2.75, 3.05) is 0 Å². The van der Waals surface area contributed by atoms with Gasteiger partial charge in [-0.1, -0.05) is 0 Å². The van der Waals surface area contributed by atoms with Gasteiger partial charge in [0.25, 0.3) is 5.56 Å². The largest absolute Gasteiger partial charge is 0.330 e. The van der Waals surface area contributed by atoms with E-state index in [1.165, 1.54) is 13.7 Å². The van der Waals surface area contributed by atoms with E-state index in [2.05, 4.69) is 4.98 Å². The summed E-state index contributed by atoms with van der Waals surface area (Å²) in [6.45, 7) is 6.62. The number of imidazole rings is 1. The fourth-order valence-corrected chi connectivity index (χ4v) is 2.27. The molecule has 1 N–H and O–H groups in total. The smallest absolute Gasteiger partial charge is 0.286 e. The quantitative estimate of drug-likeness (QED) is 0.815. The molecule has 0 radical (unpaired) electrons. The Morgan fingerprint density at radius 1 is 0.889 bits per heavy atom. The summed E-state index contributed by atoms with van der Waals surface area (Å²) in [6, 6.07) is 0. The lowest BCUT2D eigenvalue weighted by molar-refractivity contribution is 0.647. The zero-order chi connectivity index (χ0) is 13.4. The molecule has 0 saturated heterocycles. The highest BCUT2D eigenvalue weighted by Crippen LogP contribution is 2.06. The fourth-order valence-electron chi connectivity index (χ4n) is 2.27. The van der Waals surface area contributed by atoms with Crippen molar-refractivity contribution < 1.29 is 0 Å². The fraction of sp³-hybridized carbons (Fsp3) is 0.545. The molecule has 2 aromatic rings. The van der Waals surface area contributed by atoms with Crippen molar-refractivity contribution >= 4 is 11.2 Å². The number of hydrogen-bond acceptors (Lipinski definition) is 3. The third-order valence-corrected chi connectivity index (χ3v) is 3.08. The summed E-state index contributed by atoms with van der Waals surface area (Å²) in [5, 5.41) is 0. The van der Waals surface area contributed by atoms with Crippen LogP contribution in [0.3, 0.4) is 0 Å². The molecule has 0 aliphatic carbocycles. The number of fused-ring (bicyclic) bond motifs is 1. The lowest BCUT2D eigenvalue weighted by Crippen LogP contribution is -2.31. The van der Waals surface area contributed by atoms with Gasteiger partial charge in [0.2, 0.25) is 0 Å². The van der Waals surface area contributed by atoms with Gasteiger partial charge in [0, 0.05) is 19.6 Å². The van der Waals surface area contributed by atoms with Crippen molar-refractivity contribution in [1.82, 2.24) is 18.7 Å². The van der Waals surface area contributed by atoms with Crippen molar-refractivity contribution in [3.05, 3.63) is 31.3 Å². The topological polar surface area (TPSA) is 81.8 Å². The van der Waals surface area contributed by atoms with Crippen molar-refractivity contribution in [2.45, 2.75) is 40.4 Å². The molecule has 0 aromatic carbocycles. The minimum absolute atomic E-state index is 0.256. The molecule has 0 saturated carbocycles. The van der Waals surface area contributed by atoms with Gasteiger partial charge in [0.05, 0.1) is 0 Å². The van der Waals surface area contributed by atoms with Gasteiger partial charge < -0.3 is 0 Å². The van der Waals surface area contributed by atoms with Crippen LogP contribution in [-0.2, 0) is 19.6 Å². The molecule has 98 valence electrons.